The molecule has 1 aromatic rings. The van der Waals surface area contributed by atoms with E-state index in [-0.39, 0.29) is 6.54 Å². The van der Waals surface area contributed by atoms with Gasteiger partial charge in [-0.2, -0.15) is 17.4 Å². The van der Waals surface area contributed by atoms with Crippen LogP contribution < -0.4 is 4.72 Å². The lowest BCUT2D eigenvalue weighted by Crippen LogP contribution is -2.48. The van der Waals surface area contributed by atoms with Gasteiger partial charge >= 0.3 is 5.97 Å². The van der Waals surface area contributed by atoms with Crippen LogP contribution in [-0.2, 0) is 21.5 Å². The topological polar surface area (TPSA) is 107 Å². The van der Waals surface area contributed by atoms with Crippen molar-refractivity contribution in [3.05, 3.63) is 35.9 Å². The van der Waals surface area contributed by atoms with Crippen LogP contribution in [-0.4, -0.2) is 48.6 Å². The zero-order valence-corrected chi connectivity index (χ0v) is 11.2. The Hall–Kier alpha value is -1.48. The quantitative estimate of drug-likeness (QED) is 0.621. The summed E-state index contributed by atoms with van der Waals surface area (Å²) < 4.78 is 26.6. The second-order valence-corrected chi connectivity index (χ2v) is 5.75. The minimum atomic E-state index is -3.97. The van der Waals surface area contributed by atoms with Crippen LogP contribution in [0.2, 0.25) is 0 Å². The number of aliphatic hydroxyl groups excluding tert-OH is 1. The Morgan fingerprint density at radius 1 is 1.37 bits per heavy atom. The van der Waals surface area contributed by atoms with Crippen LogP contribution in [0.4, 0.5) is 0 Å². The van der Waals surface area contributed by atoms with Crippen LogP contribution in [0, 0.1) is 0 Å². The predicted molar refractivity (Wildman–Crippen MR) is 68.5 cm³/mol. The lowest BCUT2D eigenvalue weighted by atomic mass is 10.2. The number of rotatable bonds is 7. The molecule has 0 aromatic heterocycles. The van der Waals surface area contributed by atoms with Gasteiger partial charge in [-0.3, -0.25) is 4.79 Å². The Balaban J connectivity index is 2.74. The van der Waals surface area contributed by atoms with Crippen LogP contribution in [0.1, 0.15) is 5.56 Å². The molecule has 0 heterocycles. The van der Waals surface area contributed by atoms with Gasteiger partial charge in [-0.15, -0.1) is 0 Å². The molecule has 0 radical (unpaired) electrons. The summed E-state index contributed by atoms with van der Waals surface area (Å²) in [5, 5.41) is 17.5. The van der Waals surface area contributed by atoms with Gasteiger partial charge in [0.1, 0.15) is 6.04 Å². The SMILES string of the molecule is CN(Cc1ccccc1)S(=O)(=O)N[C@H](CO)C(=O)O. The molecule has 3 N–H and O–H groups in total. The highest BCUT2D eigenvalue weighted by atomic mass is 32.2. The van der Waals surface area contributed by atoms with E-state index in [2.05, 4.69) is 0 Å². The van der Waals surface area contributed by atoms with Crippen molar-refractivity contribution < 1.29 is 23.4 Å². The van der Waals surface area contributed by atoms with Crippen molar-refractivity contribution in [2.24, 2.45) is 0 Å². The van der Waals surface area contributed by atoms with Gasteiger partial charge in [-0.05, 0) is 5.56 Å². The molecule has 106 valence electrons. The summed E-state index contributed by atoms with van der Waals surface area (Å²) in [6.45, 7) is -0.707. The number of hydrogen-bond acceptors (Lipinski definition) is 4. The molecular weight excluding hydrogens is 272 g/mol. The van der Waals surface area contributed by atoms with E-state index < -0.39 is 28.8 Å². The van der Waals surface area contributed by atoms with Gasteiger partial charge in [-0.1, -0.05) is 30.3 Å². The zero-order valence-electron chi connectivity index (χ0n) is 10.4. The maximum absolute atomic E-state index is 11.8. The molecule has 0 aliphatic heterocycles. The first-order valence-corrected chi connectivity index (χ1v) is 6.92. The first-order chi connectivity index (χ1) is 8.86. The van der Waals surface area contributed by atoms with Crippen LogP contribution in [0.25, 0.3) is 0 Å². The number of aliphatic hydroxyl groups is 1. The number of nitrogens with one attached hydrogen (secondary N) is 1. The summed E-state index contributed by atoms with van der Waals surface area (Å²) in [7, 11) is -2.65. The van der Waals surface area contributed by atoms with Gasteiger partial charge in [-0.25, -0.2) is 0 Å². The fourth-order valence-corrected chi connectivity index (χ4v) is 2.39. The summed E-state index contributed by atoms with van der Waals surface area (Å²) in [4.78, 5) is 10.7. The van der Waals surface area contributed by atoms with E-state index in [0.29, 0.717) is 0 Å². The number of carboxylic acids is 1. The summed E-state index contributed by atoms with van der Waals surface area (Å²) in [6, 6.07) is 7.32. The molecule has 8 heteroatoms. The molecule has 1 rings (SSSR count). The average molecular weight is 288 g/mol. The van der Waals surface area contributed by atoms with E-state index in [1.807, 2.05) is 10.8 Å². The van der Waals surface area contributed by atoms with E-state index in [0.717, 1.165) is 9.87 Å². The Morgan fingerprint density at radius 3 is 2.42 bits per heavy atom. The van der Waals surface area contributed by atoms with E-state index in [1.54, 1.807) is 24.3 Å². The predicted octanol–water partition coefficient (Wildman–Crippen LogP) is -0.602. The maximum Gasteiger partial charge on any atom is 0.324 e. The lowest BCUT2D eigenvalue weighted by Gasteiger charge is -2.20. The van der Waals surface area contributed by atoms with E-state index in [1.165, 1.54) is 7.05 Å². The van der Waals surface area contributed by atoms with Gasteiger partial charge < -0.3 is 10.2 Å². The molecule has 7 nitrogen and oxygen atoms in total. The molecule has 0 fully saturated rings. The van der Waals surface area contributed by atoms with E-state index in [9.17, 15) is 13.2 Å². The highest BCUT2D eigenvalue weighted by molar-refractivity contribution is 7.87. The van der Waals surface area contributed by atoms with Crippen molar-refractivity contribution in [2.75, 3.05) is 13.7 Å². The van der Waals surface area contributed by atoms with Crippen molar-refractivity contribution in [1.29, 1.82) is 0 Å². The number of carboxylic acid groups (broad SMARTS) is 1. The number of carbonyl (C=O) groups is 1. The molecule has 1 aromatic carbocycles. The third-order valence-electron chi connectivity index (χ3n) is 2.43. The van der Waals surface area contributed by atoms with Gasteiger partial charge in [0.25, 0.3) is 10.2 Å². The monoisotopic (exact) mass is 288 g/mol. The lowest BCUT2D eigenvalue weighted by molar-refractivity contribution is -0.139. The number of hydrogen-bond donors (Lipinski definition) is 3. The molecule has 1 atom stereocenters. The molecule has 0 amide bonds. The van der Waals surface area contributed by atoms with Crippen LogP contribution in [0.3, 0.4) is 0 Å². The highest BCUT2D eigenvalue weighted by Gasteiger charge is 2.26. The second kappa shape index (κ2) is 6.62. The van der Waals surface area contributed by atoms with Gasteiger partial charge in [0.15, 0.2) is 0 Å². The molecule has 0 aliphatic carbocycles. The van der Waals surface area contributed by atoms with Crippen LogP contribution in [0.15, 0.2) is 30.3 Å². The summed E-state index contributed by atoms with van der Waals surface area (Å²) >= 11 is 0. The highest BCUT2D eigenvalue weighted by Crippen LogP contribution is 2.06. The largest absolute Gasteiger partial charge is 0.480 e. The molecule has 0 saturated heterocycles. The molecule has 0 saturated carbocycles. The first-order valence-electron chi connectivity index (χ1n) is 5.48. The first kappa shape index (κ1) is 15.6. The minimum Gasteiger partial charge on any atom is -0.480 e. The van der Waals surface area contributed by atoms with Gasteiger partial charge in [0, 0.05) is 13.6 Å². The minimum absolute atomic E-state index is 0.105. The van der Waals surface area contributed by atoms with Crippen LogP contribution >= 0.6 is 0 Å². The van der Waals surface area contributed by atoms with Crippen LogP contribution in [0.5, 0.6) is 0 Å². The van der Waals surface area contributed by atoms with E-state index >= 15 is 0 Å². The third-order valence-corrected chi connectivity index (χ3v) is 3.96. The van der Waals surface area contributed by atoms with Gasteiger partial charge in [0.2, 0.25) is 0 Å². The fraction of sp³-hybridized carbons (Fsp3) is 0.364. The van der Waals surface area contributed by atoms with E-state index in [4.69, 9.17) is 10.2 Å². The summed E-state index contributed by atoms with van der Waals surface area (Å²) in [5.74, 6) is -1.43. The van der Waals surface area contributed by atoms with Crippen molar-refractivity contribution in [2.45, 2.75) is 12.6 Å². The maximum atomic E-state index is 11.8. The Morgan fingerprint density at radius 2 is 1.95 bits per heavy atom. The summed E-state index contributed by atoms with van der Waals surface area (Å²) in [6.07, 6.45) is 0. The normalized spacial score (nSPS) is 13.4. The molecule has 0 spiro atoms. The van der Waals surface area contributed by atoms with Crippen molar-refractivity contribution in [1.82, 2.24) is 9.03 Å². The van der Waals surface area contributed by atoms with Gasteiger partial charge in [0.05, 0.1) is 6.61 Å². The smallest absolute Gasteiger partial charge is 0.324 e. The van der Waals surface area contributed by atoms with Crippen molar-refractivity contribution >= 4 is 16.2 Å². The number of aliphatic carboxylic acids is 1. The molecule has 0 bridgehead atoms. The molecule has 0 unspecified atom stereocenters. The number of benzene rings is 1. The average Bonchev–Trinajstić information content (AvgIpc) is 2.36. The number of nitrogens with zero attached hydrogens (tertiary/aromatic N) is 1. The molecular formula is C11H16N2O5S. The molecule has 19 heavy (non-hydrogen) atoms. The Kier molecular flexibility index (Phi) is 5.43. The second-order valence-electron chi connectivity index (χ2n) is 3.94. The standard InChI is InChI=1S/C11H16N2O5S/c1-13(7-9-5-3-2-4-6-9)19(17,18)12-10(8-14)11(15)16/h2-6,10,12,14H,7-8H2,1H3,(H,15,16)/t10-/m1/s1. The summed E-state index contributed by atoms with van der Waals surface area (Å²) in [5.41, 5.74) is 0.770. The zero-order chi connectivity index (χ0) is 14.5. The van der Waals surface area contributed by atoms with Crippen molar-refractivity contribution in [3.63, 3.8) is 0 Å². The molecule has 0 aliphatic rings. The fourth-order valence-electron chi connectivity index (χ4n) is 1.36. The third kappa shape index (κ3) is 4.60. The Labute approximate surface area is 111 Å². The Bertz CT molecular complexity index is 517. The van der Waals surface area contributed by atoms with Crippen molar-refractivity contribution in [3.8, 4) is 0 Å².